The summed E-state index contributed by atoms with van der Waals surface area (Å²) in [4.78, 5) is 25.3. The number of ether oxygens (including phenoxy) is 2. The molecule has 0 radical (unpaired) electrons. The Hall–Kier alpha value is -2.04. The zero-order valence-corrected chi connectivity index (χ0v) is 11.8. The van der Waals surface area contributed by atoms with Gasteiger partial charge in [0.25, 0.3) is 0 Å². The lowest BCUT2D eigenvalue weighted by atomic mass is 10.2. The van der Waals surface area contributed by atoms with Crippen LogP contribution in [-0.2, 0) is 14.3 Å². The summed E-state index contributed by atoms with van der Waals surface area (Å²) < 4.78 is 9.89. The molecule has 1 atom stereocenters. The summed E-state index contributed by atoms with van der Waals surface area (Å²) in [5, 5.41) is 0. The molecule has 5 nitrogen and oxygen atoms in total. The molecule has 0 aromatic heterocycles. The molecule has 1 aliphatic heterocycles. The first kappa shape index (κ1) is 14.4. The SMILES string of the molecule is CCCN(C)c1ccc(C(=O)O[C@H]2CCOC2=O)cc1. The first-order valence-corrected chi connectivity index (χ1v) is 6.80. The van der Waals surface area contributed by atoms with Crippen LogP contribution in [0.15, 0.2) is 24.3 Å². The lowest BCUT2D eigenvalue weighted by Gasteiger charge is -2.18. The monoisotopic (exact) mass is 277 g/mol. The Kier molecular flexibility index (Phi) is 4.61. The highest BCUT2D eigenvalue weighted by atomic mass is 16.6. The van der Waals surface area contributed by atoms with Gasteiger partial charge in [-0.2, -0.15) is 0 Å². The maximum absolute atomic E-state index is 11.9. The van der Waals surface area contributed by atoms with Gasteiger partial charge in [-0.25, -0.2) is 9.59 Å². The Morgan fingerprint density at radius 3 is 2.65 bits per heavy atom. The van der Waals surface area contributed by atoms with Crippen molar-refractivity contribution in [3.63, 3.8) is 0 Å². The summed E-state index contributed by atoms with van der Waals surface area (Å²) in [7, 11) is 2.01. The van der Waals surface area contributed by atoms with Crippen molar-refractivity contribution in [1.82, 2.24) is 0 Å². The van der Waals surface area contributed by atoms with Gasteiger partial charge in [-0.15, -0.1) is 0 Å². The largest absolute Gasteiger partial charge is 0.463 e. The van der Waals surface area contributed by atoms with E-state index in [-0.39, 0.29) is 0 Å². The van der Waals surface area contributed by atoms with E-state index in [0.717, 1.165) is 18.7 Å². The summed E-state index contributed by atoms with van der Waals surface area (Å²) in [6.45, 7) is 3.39. The van der Waals surface area contributed by atoms with Gasteiger partial charge in [0.15, 0.2) is 0 Å². The second kappa shape index (κ2) is 6.41. The first-order valence-electron chi connectivity index (χ1n) is 6.80. The van der Waals surface area contributed by atoms with Gasteiger partial charge in [0, 0.05) is 25.7 Å². The summed E-state index contributed by atoms with van der Waals surface area (Å²) in [6, 6.07) is 7.17. The van der Waals surface area contributed by atoms with E-state index in [2.05, 4.69) is 11.8 Å². The quantitative estimate of drug-likeness (QED) is 0.771. The number of anilines is 1. The fourth-order valence-corrected chi connectivity index (χ4v) is 2.10. The average molecular weight is 277 g/mol. The zero-order valence-electron chi connectivity index (χ0n) is 11.8. The normalized spacial score (nSPS) is 17.7. The van der Waals surface area contributed by atoms with Gasteiger partial charge in [-0.05, 0) is 30.7 Å². The Morgan fingerprint density at radius 1 is 1.40 bits per heavy atom. The Morgan fingerprint density at radius 2 is 2.10 bits per heavy atom. The fourth-order valence-electron chi connectivity index (χ4n) is 2.10. The van der Waals surface area contributed by atoms with Gasteiger partial charge in [-0.1, -0.05) is 6.92 Å². The number of carbonyl (C=O) groups is 2. The molecule has 1 aromatic carbocycles. The van der Waals surface area contributed by atoms with Crippen molar-refractivity contribution in [2.75, 3.05) is 25.1 Å². The molecule has 1 saturated heterocycles. The second-order valence-corrected chi connectivity index (χ2v) is 4.82. The van der Waals surface area contributed by atoms with E-state index in [1.165, 1.54) is 0 Å². The molecule has 1 heterocycles. The average Bonchev–Trinajstić information content (AvgIpc) is 2.85. The smallest absolute Gasteiger partial charge is 0.347 e. The van der Waals surface area contributed by atoms with Gasteiger partial charge >= 0.3 is 11.9 Å². The van der Waals surface area contributed by atoms with E-state index in [4.69, 9.17) is 9.47 Å². The standard InChI is InChI=1S/C15H19NO4/c1-3-9-16(2)12-6-4-11(5-7-12)14(17)20-13-8-10-19-15(13)18/h4-7,13H,3,8-10H2,1-2H3/t13-/m0/s1. The molecule has 1 fully saturated rings. The van der Waals surface area contributed by atoms with Crippen molar-refractivity contribution in [3.8, 4) is 0 Å². The number of hydrogen-bond donors (Lipinski definition) is 0. The number of benzene rings is 1. The molecule has 108 valence electrons. The van der Waals surface area contributed by atoms with Crippen molar-refractivity contribution in [1.29, 1.82) is 0 Å². The molecule has 0 N–H and O–H groups in total. The maximum Gasteiger partial charge on any atom is 0.347 e. The third-order valence-electron chi connectivity index (χ3n) is 3.24. The van der Waals surface area contributed by atoms with E-state index < -0.39 is 18.0 Å². The lowest BCUT2D eigenvalue weighted by Crippen LogP contribution is -2.22. The lowest BCUT2D eigenvalue weighted by molar-refractivity contribution is -0.145. The van der Waals surface area contributed by atoms with Gasteiger partial charge in [0.2, 0.25) is 6.10 Å². The summed E-state index contributed by atoms with van der Waals surface area (Å²) in [5.41, 5.74) is 1.49. The molecule has 0 saturated carbocycles. The van der Waals surface area contributed by atoms with Gasteiger partial charge in [0.05, 0.1) is 12.2 Å². The van der Waals surface area contributed by atoms with Crippen LogP contribution in [0.1, 0.15) is 30.1 Å². The van der Waals surface area contributed by atoms with E-state index in [0.29, 0.717) is 18.6 Å². The Balaban J connectivity index is 1.98. The van der Waals surface area contributed by atoms with Crippen LogP contribution in [0, 0.1) is 0 Å². The molecular weight excluding hydrogens is 258 g/mol. The van der Waals surface area contributed by atoms with Crippen LogP contribution in [0.4, 0.5) is 5.69 Å². The minimum absolute atomic E-state index is 0.317. The number of carbonyl (C=O) groups excluding carboxylic acids is 2. The number of rotatable bonds is 5. The highest BCUT2D eigenvalue weighted by Gasteiger charge is 2.30. The van der Waals surface area contributed by atoms with Crippen molar-refractivity contribution < 1.29 is 19.1 Å². The number of hydrogen-bond acceptors (Lipinski definition) is 5. The Bertz CT molecular complexity index is 483. The molecule has 20 heavy (non-hydrogen) atoms. The maximum atomic E-state index is 11.9. The molecule has 0 unspecified atom stereocenters. The van der Waals surface area contributed by atoms with Crippen LogP contribution < -0.4 is 4.90 Å². The fraction of sp³-hybridized carbons (Fsp3) is 0.467. The third kappa shape index (κ3) is 3.29. The highest BCUT2D eigenvalue weighted by molar-refractivity contribution is 5.92. The minimum atomic E-state index is -0.759. The minimum Gasteiger partial charge on any atom is -0.463 e. The number of cyclic esters (lactones) is 1. The summed E-state index contributed by atoms with van der Waals surface area (Å²) >= 11 is 0. The van der Waals surface area contributed by atoms with Crippen LogP contribution >= 0.6 is 0 Å². The van der Waals surface area contributed by atoms with Gasteiger partial charge in [-0.3, -0.25) is 0 Å². The third-order valence-corrected chi connectivity index (χ3v) is 3.24. The predicted molar refractivity (Wildman–Crippen MR) is 74.8 cm³/mol. The van der Waals surface area contributed by atoms with Crippen LogP contribution in [0.2, 0.25) is 0 Å². The molecule has 0 bridgehead atoms. The van der Waals surface area contributed by atoms with Crippen molar-refractivity contribution >= 4 is 17.6 Å². The molecule has 1 aromatic rings. The number of nitrogens with zero attached hydrogens (tertiary/aromatic N) is 1. The van der Waals surface area contributed by atoms with Crippen LogP contribution in [0.3, 0.4) is 0 Å². The second-order valence-electron chi connectivity index (χ2n) is 4.82. The highest BCUT2D eigenvalue weighted by Crippen LogP contribution is 2.17. The van der Waals surface area contributed by atoms with E-state index in [9.17, 15) is 9.59 Å². The number of esters is 2. The van der Waals surface area contributed by atoms with E-state index in [1.54, 1.807) is 12.1 Å². The van der Waals surface area contributed by atoms with Crippen molar-refractivity contribution in [2.45, 2.75) is 25.9 Å². The topological polar surface area (TPSA) is 55.8 Å². The molecular formula is C15H19NO4. The van der Waals surface area contributed by atoms with Crippen molar-refractivity contribution in [3.05, 3.63) is 29.8 Å². The zero-order chi connectivity index (χ0) is 14.5. The Labute approximate surface area is 118 Å². The van der Waals surface area contributed by atoms with Crippen LogP contribution in [-0.4, -0.2) is 38.2 Å². The van der Waals surface area contributed by atoms with Gasteiger partial charge < -0.3 is 14.4 Å². The first-order chi connectivity index (χ1) is 9.61. The van der Waals surface area contributed by atoms with Crippen molar-refractivity contribution in [2.24, 2.45) is 0 Å². The molecule has 0 spiro atoms. The molecule has 0 aliphatic carbocycles. The van der Waals surface area contributed by atoms with E-state index in [1.807, 2.05) is 19.2 Å². The van der Waals surface area contributed by atoms with Crippen LogP contribution in [0.5, 0.6) is 0 Å². The molecule has 0 amide bonds. The van der Waals surface area contributed by atoms with Gasteiger partial charge in [0.1, 0.15) is 0 Å². The summed E-state index contributed by atoms with van der Waals surface area (Å²) in [5.74, 6) is -0.948. The molecule has 5 heteroatoms. The van der Waals surface area contributed by atoms with Crippen LogP contribution in [0.25, 0.3) is 0 Å². The predicted octanol–water partition coefficient (Wildman–Crippen LogP) is 2.01. The molecule has 1 aliphatic rings. The molecule has 2 rings (SSSR count). The van der Waals surface area contributed by atoms with E-state index >= 15 is 0 Å². The summed E-state index contributed by atoms with van der Waals surface area (Å²) in [6.07, 6.45) is 0.733.